The van der Waals surface area contributed by atoms with Crippen molar-refractivity contribution in [1.29, 1.82) is 0 Å². The number of hydrogen-bond donors (Lipinski definition) is 1. The van der Waals surface area contributed by atoms with Crippen LogP contribution in [0, 0.1) is 12.3 Å². The summed E-state index contributed by atoms with van der Waals surface area (Å²) in [5.41, 5.74) is -0.0902. The van der Waals surface area contributed by atoms with Crippen LogP contribution in [0.4, 0.5) is 0 Å². The molecule has 0 radical (unpaired) electrons. The van der Waals surface area contributed by atoms with Gasteiger partial charge in [0, 0.05) is 12.7 Å². The zero-order chi connectivity index (χ0) is 14.6. The van der Waals surface area contributed by atoms with Crippen LogP contribution in [0.15, 0.2) is 48.1 Å². The van der Waals surface area contributed by atoms with Crippen molar-refractivity contribution in [2.45, 2.75) is 18.1 Å². The summed E-state index contributed by atoms with van der Waals surface area (Å²) in [5, 5.41) is 10.8. The normalized spacial score (nSPS) is 20.7. The molecular formula is C17H18O3. The molecule has 1 aromatic rings. The molecule has 0 fully saturated rings. The van der Waals surface area contributed by atoms with Crippen LogP contribution in [0.25, 0.3) is 0 Å². The van der Waals surface area contributed by atoms with Gasteiger partial charge in [-0.15, -0.1) is 6.42 Å². The van der Waals surface area contributed by atoms with Crippen LogP contribution in [0.5, 0.6) is 5.75 Å². The van der Waals surface area contributed by atoms with Crippen molar-refractivity contribution in [2.75, 3.05) is 14.2 Å². The molecule has 2 unspecified atom stereocenters. The number of rotatable bonds is 4. The summed E-state index contributed by atoms with van der Waals surface area (Å²) in [6.45, 7) is 0. The van der Waals surface area contributed by atoms with E-state index < -0.39 is 5.60 Å². The van der Waals surface area contributed by atoms with E-state index in [1.165, 1.54) is 0 Å². The predicted molar refractivity (Wildman–Crippen MR) is 78.4 cm³/mol. The Kier molecular flexibility index (Phi) is 4.29. The van der Waals surface area contributed by atoms with E-state index in [4.69, 9.17) is 15.9 Å². The Morgan fingerprint density at radius 2 is 2.00 bits per heavy atom. The third kappa shape index (κ3) is 2.62. The van der Waals surface area contributed by atoms with Crippen LogP contribution in [0.2, 0.25) is 0 Å². The Morgan fingerprint density at radius 3 is 2.45 bits per heavy atom. The van der Waals surface area contributed by atoms with Gasteiger partial charge in [-0.2, -0.15) is 0 Å². The number of aliphatic hydroxyl groups is 1. The van der Waals surface area contributed by atoms with E-state index >= 15 is 0 Å². The summed E-state index contributed by atoms with van der Waals surface area (Å²) in [7, 11) is 3.25. The highest BCUT2D eigenvalue weighted by Gasteiger charge is 2.31. The second-order valence-electron chi connectivity index (χ2n) is 4.61. The Morgan fingerprint density at radius 1 is 1.30 bits per heavy atom. The SMILES string of the molecule is C#CC(O)(C1=CCC(OC)C=C1)c1ccc(OC)cc1. The molecule has 1 aliphatic rings. The van der Waals surface area contributed by atoms with E-state index in [0.29, 0.717) is 17.6 Å². The molecule has 2 atom stereocenters. The van der Waals surface area contributed by atoms with Crippen molar-refractivity contribution in [1.82, 2.24) is 0 Å². The van der Waals surface area contributed by atoms with Crippen LogP contribution < -0.4 is 4.74 Å². The molecule has 1 aromatic carbocycles. The summed E-state index contributed by atoms with van der Waals surface area (Å²) in [5.74, 6) is 3.21. The van der Waals surface area contributed by atoms with E-state index in [9.17, 15) is 5.11 Å². The zero-order valence-corrected chi connectivity index (χ0v) is 11.7. The molecule has 0 aromatic heterocycles. The minimum absolute atomic E-state index is 0.0386. The molecule has 0 aliphatic heterocycles. The number of hydrogen-bond acceptors (Lipinski definition) is 3. The third-order valence-electron chi connectivity index (χ3n) is 3.50. The number of ether oxygens (including phenoxy) is 2. The Balaban J connectivity index is 2.32. The van der Waals surface area contributed by atoms with E-state index in [0.717, 1.165) is 5.75 Å². The van der Waals surface area contributed by atoms with Gasteiger partial charge in [-0.25, -0.2) is 0 Å². The standard InChI is InChI=1S/C17H18O3/c1-4-17(18,13-5-9-15(19-2)10-6-13)14-7-11-16(20-3)12-8-14/h1,5-11,16,18H,12H2,2-3H3. The first-order chi connectivity index (χ1) is 9.63. The Bertz CT molecular complexity index is 563. The molecule has 0 heterocycles. The molecule has 2 rings (SSSR count). The van der Waals surface area contributed by atoms with Gasteiger partial charge in [0.15, 0.2) is 5.60 Å². The molecular weight excluding hydrogens is 252 g/mol. The Labute approximate surface area is 119 Å². The van der Waals surface area contributed by atoms with Crippen LogP contribution in [0.1, 0.15) is 12.0 Å². The molecule has 104 valence electrons. The quantitative estimate of drug-likeness (QED) is 0.854. The maximum Gasteiger partial charge on any atom is 0.176 e. The lowest BCUT2D eigenvalue weighted by atomic mass is 9.84. The maximum absolute atomic E-state index is 10.8. The zero-order valence-electron chi connectivity index (χ0n) is 11.7. The minimum Gasteiger partial charge on any atom is -0.497 e. The topological polar surface area (TPSA) is 38.7 Å². The van der Waals surface area contributed by atoms with Gasteiger partial charge in [-0.05, 0) is 24.1 Å². The van der Waals surface area contributed by atoms with Crippen molar-refractivity contribution in [3.05, 3.63) is 53.6 Å². The number of methoxy groups -OCH3 is 2. The first kappa shape index (κ1) is 14.4. The highest BCUT2D eigenvalue weighted by Crippen LogP contribution is 2.33. The lowest BCUT2D eigenvalue weighted by Crippen LogP contribution is -2.27. The van der Waals surface area contributed by atoms with Gasteiger partial charge in [0.05, 0.1) is 13.2 Å². The molecule has 3 nitrogen and oxygen atoms in total. The third-order valence-corrected chi connectivity index (χ3v) is 3.50. The van der Waals surface area contributed by atoms with E-state index in [1.54, 1.807) is 38.5 Å². The van der Waals surface area contributed by atoms with E-state index in [2.05, 4.69) is 5.92 Å². The minimum atomic E-state index is -1.43. The first-order valence-electron chi connectivity index (χ1n) is 6.40. The highest BCUT2D eigenvalue weighted by atomic mass is 16.5. The fraction of sp³-hybridized carbons (Fsp3) is 0.294. The highest BCUT2D eigenvalue weighted by molar-refractivity contribution is 5.48. The molecule has 0 spiro atoms. The predicted octanol–water partition coefficient (Wildman–Crippen LogP) is 2.42. The van der Waals surface area contributed by atoms with Crippen LogP contribution >= 0.6 is 0 Å². The fourth-order valence-corrected chi connectivity index (χ4v) is 2.21. The first-order valence-corrected chi connectivity index (χ1v) is 6.40. The van der Waals surface area contributed by atoms with Gasteiger partial charge in [-0.1, -0.05) is 36.3 Å². The van der Waals surface area contributed by atoms with Gasteiger partial charge in [-0.3, -0.25) is 0 Å². The summed E-state index contributed by atoms with van der Waals surface area (Å²) in [6, 6.07) is 7.11. The van der Waals surface area contributed by atoms with Crippen molar-refractivity contribution >= 4 is 0 Å². The maximum atomic E-state index is 10.8. The summed E-state index contributed by atoms with van der Waals surface area (Å²) >= 11 is 0. The number of benzene rings is 1. The molecule has 1 N–H and O–H groups in total. The summed E-state index contributed by atoms with van der Waals surface area (Å²) < 4.78 is 10.4. The van der Waals surface area contributed by atoms with E-state index in [1.807, 2.05) is 18.2 Å². The molecule has 0 amide bonds. The van der Waals surface area contributed by atoms with Crippen LogP contribution in [-0.4, -0.2) is 25.4 Å². The smallest absolute Gasteiger partial charge is 0.176 e. The van der Waals surface area contributed by atoms with Gasteiger partial charge >= 0.3 is 0 Å². The second kappa shape index (κ2) is 5.96. The van der Waals surface area contributed by atoms with Crippen molar-refractivity contribution in [3.8, 4) is 18.1 Å². The van der Waals surface area contributed by atoms with Gasteiger partial charge in [0.1, 0.15) is 5.75 Å². The Hall–Kier alpha value is -2.02. The monoisotopic (exact) mass is 270 g/mol. The summed E-state index contributed by atoms with van der Waals surface area (Å²) in [6.07, 6.45) is 11.9. The molecule has 3 heteroatoms. The van der Waals surface area contributed by atoms with E-state index in [-0.39, 0.29) is 6.10 Å². The van der Waals surface area contributed by atoms with Gasteiger partial charge in [0.2, 0.25) is 0 Å². The van der Waals surface area contributed by atoms with Crippen molar-refractivity contribution in [3.63, 3.8) is 0 Å². The molecule has 1 aliphatic carbocycles. The lowest BCUT2D eigenvalue weighted by Gasteiger charge is -2.27. The average molecular weight is 270 g/mol. The largest absolute Gasteiger partial charge is 0.497 e. The van der Waals surface area contributed by atoms with Gasteiger partial charge < -0.3 is 14.6 Å². The summed E-state index contributed by atoms with van der Waals surface area (Å²) in [4.78, 5) is 0. The molecule has 20 heavy (non-hydrogen) atoms. The lowest BCUT2D eigenvalue weighted by molar-refractivity contribution is 0.130. The second-order valence-corrected chi connectivity index (χ2v) is 4.61. The van der Waals surface area contributed by atoms with Gasteiger partial charge in [0.25, 0.3) is 0 Å². The molecule has 0 bridgehead atoms. The average Bonchev–Trinajstić information content (AvgIpc) is 2.54. The molecule has 0 saturated carbocycles. The molecule has 0 saturated heterocycles. The van der Waals surface area contributed by atoms with Crippen molar-refractivity contribution < 1.29 is 14.6 Å². The van der Waals surface area contributed by atoms with Crippen LogP contribution in [-0.2, 0) is 10.3 Å². The number of terminal acetylenes is 1. The van der Waals surface area contributed by atoms with Crippen LogP contribution in [0.3, 0.4) is 0 Å². The van der Waals surface area contributed by atoms with Crippen molar-refractivity contribution in [2.24, 2.45) is 0 Å². The fourth-order valence-electron chi connectivity index (χ4n) is 2.21.